The quantitative estimate of drug-likeness (QED) is 0.868. The maximum absolute atomic E-state index is 12.3. The van der Waals surface area contributed by atoms with E-state index in [1.165, 1.54) is 14.2 Å². The van der Waals surface area contributed by atoms with Gasteiger partial charge in [0.05, 0.1) is 19.9 Å². The summed E-state index contributed by atoms with van der Waals surface area (Å²) in [5.74, 6) is -0.0964. The highest BCUT2D eigenvalue weighted by atomic mass is 16.5. The van der Waals surface area contributed by atoms with Crippen LogP contribution in [0.4, 0.5) is 5.69 Å². The van der Waals surface area contributed by atoms with Crippen LogP contribution in [0, 0.1) is 0 Å². The van der Waals surface area contributed by atoms with E-state index in [-0.39, 0.29) is 6.04 Å². The van der Waals surface area contributed by atoms with Gasteiger partial charge in [-0.15, -0.1) is 0 Å². The normalized spacial score (nSPS) is 17.8. The molecule has 1 aliphatic heterocycles. The van der Waals surface area contributed by atoms with Gasteiger partial charge < -0.3 is 19.7 Å². The van der Waals surface area contributed by atoms with Crippen molar-refractivity contribution < 1.29 is 19.1 Å². The number of carbonyl (C=O) groups excluding carboxylic acids is 2. The van der Waals surface area contributed by atoms with Crippen LogP contribution in [0.5, 0.6) is 11.5 Å². The predicted molar refractivity (Wildman–Crippen MR) is 83.2 cm³/mol. The lowest BCUT2D eigenvalue weighted by molar-refractivity contribution is -0.145. The minimum Gasteiger partial charge on any atom is -0.497 e. The van der Waals surface area contributed by atoms with Crippen molar-refractivity contribution in [1.29, 1.82) is 0 Å². The molecule has 0 spiro atoms. The van der Waals surface area contributed by atoms with E-state index in [2.05, 4.69) is 5.32 Å². The lowest BCUT2D eigenvalue weighted by atomic mass is 10.0. The highest BCUT2D eigenvalue weighted by Crippen LogP contribution is 2.29. The second kappa shape index (κ2) is 7.15. The minimum absolute atomic E-state index is 0.0965. The fourth-order valence-corrected chi connectivity index (χ4v) is 2.62. The predicted octanol–water partition coefficient (Wildman–Crippen LogP) is 2.04. The van der Waals surface area contributed by atoms with Crippen LogP contribution in [-0.2, 0) is 9.59 Å². The number of nitrogens with one attached hydrogen (secondary N) is 1. The Hall–Kier alpha value is -2.24. The third-order valence-corrected chi connectivity index (χ3v) is 3.91. The number of ether oxygens (including phenoxy) is 2. The number of anilines is 1. The van der Waals surface area contributed by atoms with E-state index >= 15 is 0 Å². The zero-order chi connectivity index (χ0) is 16.1. The molecule has 1 aliphatic rings. The maximum atomic E-state index is 12.3. The van der Waals surface area contributed by atoms with Gasteiger partial charge in [0.2, 0.25) is 0 Å². The molecule has 1 aromatic rings. The van der Waals surface area contributed by atoms with E-state index in [1.807, 2.05) is 6.92 Å². The van der Waals surface area contributed by atoms with Crippen molar-refractivity contribution in [3.05, 3.63) is 18.2 Å². The molecule has 1 aromatic carbocycles. The summed E-state index contributed by atoms with van der Waals surface area (Å²) in [7, 11) is 3.04. The summed E-state index contributed by atoms with van der Waals surface area (Å²) in [4.78, 5) is 26.2. The third kappa shape index (κ3) is 3.50. The van der Waals surface area contributed by atoms with Crippen molar-refractivity contribution >= 4 is 17.5 Å². The van der Waals surface area contributed by atoms with Crippen LogP contribution < -0.4 is 14.8 Å². The first kappa shape index (κ1) is 16.1. The SMILES string of the molecule is COc1ccc(OC)c(NC(=O)C(=O)N2CCCCC2C)c1. The van der Waals surface area contributed by atoms with Crippen LogP contribution in [-0.4, -0.2) is 43.5 Å². The number of methoxy groups -OCH3 is 2. The molecule has 0 aromatic heterocycles. The lowest BCUT2D eigenvalue weighted by Crippen LogP contribution is -2.47. The van der Waals surface area contributed by atoms with Crippen LogP contribution in [0.1, 0.15) is 26.2 Å². The zero-order valence-electron chi connectivity index (χ0n) is 13.2. The van der Waals surface area contributed by atoms with Gasteiger partial charge in [0.25, 0.3) is 0 Å². The molecular formula is C16H22N2O4. The topological polar surface area (TPSA) is 67.9 Å². The van der Waals surface area contributed by atoms with Crippen LogP contribution in [0.25, 0.3) is 0 Å². The molecule has 1 N–H and O–H groups in total. The highest BCUT2D eigenvalue weighted by molar-refractivity contribution is 6.39. The molecule has 6 nitrogen and oxygen atoms in total. The summed E-state index contributed by atoms with van der Waals surface area (Å²) in [5.41, 5.74) is 0.421. The summed E-state index contributed by atoms with van der Waals surface area (Å²) in [6.45, 7) is 2.60. The molecule has 2 rings (SSSR count). The maximum Gasteiger partial charge on any atom is 0.314 e. The average Bonchev–Trinajstić information content (AvgIpc) is 2.54. The second-order valence-electron chi connectivity index (χ2n) is 5.36. The van der Waals surface area contributed by atoms with Gasteiger partial charge in [-0.3, -0.25) is 9.59 Å². The Bertz CT molecular complexity index is 559. The molecule has 0 saturated carbocycles. The number of likely N-dealkylation sites (tertiary alicyclic amines) is 1. The van der Waals surface area contributed by atoms with Gasteiger partial charge in [-0.05, 0) is 38.3 Å². The third-order valence-electron chi connectivity index (χ3n) is 3.91. The Labute approximate surface area is 130 Å². The molecule has 1 fully saturated rings. The molecule has 1 unspecified atom stereocenters. The fourth-order valence-electron chi connectivity index (χ4n) is 2.62. The van der Waals surface area contributed by atoms with E-state index in [0.29, 0.717) is 23.7 Å². The monoisotopic (exact) mass is 306 g/mol. The smallest absolute Gasteiger partial charge is 0.314 e. The van der Waals surface area contributed by atoms with Crippen LogP contribution in [0.3, 0.4) is 0 Å². The summed E-state index contributed by atoms with van der Waals surface area (Å²) < 4.78 is 10.3. The van der Waals surface area contributed by atoms with Crippen LogP contribution in [0.15, 0.2) is 18.2 Å². The zero-order valence-corrected chi connectivity index (χ0v) is 13.2. The number of rotatable bonds is 3. The molecule has 1 heterocycles. The highest BCUT2D eigenvalue weighted by Gasteiger charge is 2.28. The lowest BCUT2D eigenvalue weighted by Gasteiger charge is -2.32. The molecule has 1 saturated heterocycles. The van der Waals surface area contributed by atoms with Crippen molar-refractivity contribution in [3.63, 3.8) is 0 Å². The molecule has 2 amide bonds. The van der Waals surface area contributed by atoms with Crippen LogP contribution >= 0.6 is 0 Å². The van der Waals surface area contributed by atoms with Gasteiger partial charge >= 0.3 is 11.8 Å². The molecule has 0 aliphatic carbocycles. The van der Waals surface area contributed by atoms with E-state index in [1.54, 1.807) is 23.1 Å². The second-order valence-corrected chi connectivity index (χ2v) is 5.36. The van der Waals surface area contributed by atoms with Gasteiger partial charge in [0.1, 0.15) is 11.5 Å². The molecule has 120 valence electrons. The number of hydrogen-bond donors (Lipinski definition) is 1. The van der Waals surface area contributed by atoms with Crippen LogP contribution in [0.2, 0.25) is 0 Å². The number of nitrogens with zero attached hydrogens (tertiary/aromatic N) is 1. The van der Waals surface area contributed by atoms with Crippen molar-refractivity contribution in [2.45, 2.75) is 32.2 Å². The molecule has 22 heavy (non-hydrogen) atoms. The number of hydrogen-bond acceptors (Lipinski definition) is 4. The fraction of sp³-hybridized carbons (Fsp3) is 0.500. The minimum atomic E-state index is -0.652. The number of piperidine rings is 1. The number of amides is 2. The van der Waals surface area contributed by atoms with E-state index in [9.17, 15) is 9.59 Å². The average molecular weight is 306 g/mol. The molecular weight excluding hydrogens is 284 g/mol. The Morgan fingerprint density at radius 1 is 1.23 bits per heavy atom. The van der Waals surface area contributed by atoms with Crippen molar-refractivity contribution in [3.8, 4) is 11.5 Å². The van der Waals surface area contributed by atoms with Crippen molar-refractivity contribution in [1.82, 2.24) is 4.90 Å². The van der Waals surface area contributed by atoms with Gasteiger partial charge in [-0.25, -0.2) is 0 Å². The Kier molecular flexibility index (Phi) is 5.25. The van der Waals surface area contributed by atoms with Gasteiger partial charge in [0, 0.05) is 18.7 Å². The summed E-state index contributed by atoms with van der Waals surface area (Å²) >= 11 is 0. The van der Waals surface area contributed by atoms with Gasteiger partial charge in [0.15, 0.2) is 0 Å². The Balaban J connectivity index is 2.12. The largest absolute Gasteiger partial charge is 0.497 e. The van der Waals surface area contributed by atoms with Gasteiger partial charge in [-0.2, -0.15) is 0 Å². The van der Waals surface area contributed by atoms with E-state index in [0.717, 1.165) is 19.3 Å². The molecule has 6 heteroatoms. The first-order valence-electron chi connectivity index (χ1n) is 7.40. The molecule has 0 bridgehead atoms. The summed E-state index contributed by atoms with van der Waals surface area (Å²) in [6, 6.07) is 5.13. The summed E-state index contributed by atoms with van der Waals surface area (Å²) in [5, 5.41) is 2.62. The van der Waals surface area contributed by atoms with Gasteiger partial charge in [-0.1, -0.05) is 0 Å². The standard InChI is InChI=1S/C16H22N2O4/c1-11-6-4-5-9-18(11)16(20)15(19)17-13-10-12(21-2)7-8-14(13)22-3/h7-8,10-11H,4-6,9H2,1-3H3,(H,17,19). The van der Waals surface area contributed by atoms with Crippen molar-refractivity contribution in [2.24, 2.45) is 0 Å². The first-order chi connectivity index (χ1) is 10.6. The number of benzene rings is 1. The summed E-state index contributed by atoms with van der Waals surface area (Å²) in [6.07, 6.45) is 2.96. The first-order valence-corrected chi connectivity index (χ1v) is 7.40. The molecule has 1 atom stereocenters. The molecule has 0 radical (unpaired) electrons. The Morgan fingerprint density at radius 2 is 2.00 bits per heavy atom. The van der Waals surface area contributed by atoms with Crippen molar-refractivity contribution in [2.75, 3.05) is 26.1 Å². The number of carbonyl (C=O) groups is 2. The Morgan fingerprint density at radius 3 is 2.64 bits per heavy atom. The van der Waals surface area contributed by atoms with E-state index < -0.39 is 11.8 Å². The van der Waals surface area contributed by atoms with E-state index in [4.69, 9.17) is 9.47 Å².